The van der Waals surface area contributed by atoms with Gasteiger partial charge in [-0.1, -0.05) is 78.9 Å². The molecule has 0 fully saturated rings. The van der Waals surface area contributed by atoms with Crippen LogP contribution in [-0.4, -0.2) is 0 Å². The summed E-state index contributed by atoms with van der Waals surface area (Å²) in [7, 11) is 0. The average molecular weight is 244 g/mol. The molecular formula is C19H16. The molecule has 0 aromatic heterocycles. The van der Waals surface area contributed by atoms with E-state index in [-0.39, 0.29) is 0 Å². The Morgan fingerprint density at radius 1 is 0.684 bits per heavy atom. The summed E-state index contributed by atoms with van der Waals surface area (Å²) in [5.41, 5.74) is 3.85. The minimum Gasteiger partial charge on any atom is -0.0622 e. The second-order valence-corrected chi connectivity index (χ2v) is 4.74. The third kappa shape index (κ3) is 2.43. The first-order valence-corrected chi connectivity index (χ1v) is 6.56. The fourth-order valence-corrected chi connectivity index (χ4v) is 2.37. The Labute approximate surface area is 114 Å². The van der Waals surface area contributed by atoms with Crippen LogP contribution in [0.3, 0.4) is 0 Å². The van der Waals surface area contributed by atoms with Crippen LogP contribution in [0.4, 0.5) is 0 Å². The van der Waals surface area contributed by atoms with Crippen molar-refractivity contribution in [1.82, 2.24) is 0 Å². The van der Waals surface area contributed by atoms with Gasteiger partial charge in [-0.3, -0.25) is 0 Å². The van der Waals surface area contributed by atoms with Crippen molar-refractivity contribution in [2.75, 3.05) is 0 Å². The van der Waals surface area contributed by atoms with E-state index in [1.807, 2.05) is 6.07 Å². The molecule has 0 radical (unpaired) electrons. The van der Waals surface area contributed by atoms with Gasteiger partial charge in [0.15, 0.2) is 0 Å². The third-order valence-electron chi connectivity index (χ3n) is 3.50. The van der Waals surface area contributed by atoms with Gasteiger partial charge in [0.1, 0.15) is 0 Å². The molecule has 0 aliphatic heterocycles. The van der Waals surface area contributed by atoms with Gasteiger partial charge >= 0.3 is 0 Å². The van der Waals surface area contributed by atoms with Gasteiger partial charge in [0.2, 0.25) is 0 Å². The van der Waals surface area contributed by atoms with E-state index in [9.17, 15) is 0 Å². The van der Waals surface area contributed by atoms with Gasteiger partial charge in [-0.15, -0.1) is 0 Å². The van der Waals surface area contributed by atoms with E-state index in [0.717, 1.165) is 0 Å². The van der Waals surface area contributed by atoms with Crippen molar-refractivity contribution in [1.29, 1.82) is 0 Å². The summed E-state index contributed by atoms with van der Waals surface area (Å²) in [6, 6.07) is 23.3. The second-order valence-electron chi connectivity index (χ2n) is 4.74. The number of rotatable bonds is 2. The Kier molecular flexibility index (Phi) is 3.16. The zero-order valence-electron chi connectivity index (χ0n) is 11.0. The van der Waals surface area contributed by atoms with Crippen LogP contribution in [0.2, 0.25) is 0 Å². The summed E-state index contributed by atoms with van der Waals surface area (Å²) in [6.07, 6.45) is 4.36. The molecule has 0 nitrogen and oxygen atoms in total. The number of hydrogen-bond acceptors (Lipinski definition) is 0. The molecular weight excluding hydrogens is 228 g/mol. The first-order chi connectivity index (χ1) is 9.34. The summed E-state index contributed by atoms with van der Waals surface area (Å²) < 4.78 is 0. The highest BCUT2D eigenvalue weighted by Crippen LogP contribution is 2.23. The molecule has 0 unspecified atom stereocenters. The Bertz CT molecular complexity index is 721. The molecule has 0 saturated carbocycles. The van der Waals surface area contributed by atoms with Crippen molar-refractivity contribution in [2.24, 2.45) is 0 Å². The van der Waals surface area contributed by atoms with Crippen LogP contribution in [-0.2, 0) is 0 Å². The van der Waals surface area contributed by atoms with Crippen LogP contribution < -0.4 is 0 Å². The van der Waals surface area contributed by atoms with Crippen molar-refractivity contribution >= 4 is 22.9 Å². The molecule has 3 aromatic carbocycles. The molecule has 3 rings (SSSR count). The largest absolute Gasteiger partial charge is 0.0622 e. The van der Waals surface area contributed by atoms with Gasteiger partial charge in [-0.2, -0.15) is 0 Å². The minimum absolute atomic E-state index is 1.23. The van der Waals surface area contributed by atoms with Crippen molar-refractivity contribution < 1.29 is 0 Å². The minimum atomic E-state index is 1.23. The lowest BCUT2D eigenvalue weighted by Gasteiger charge is -2.05. The van der Waals surface area contributed by atoms with Crippen molar-refractivity contribution in [3.8, 4) is 0 Å². The van der Waals surface area contributed by atoms with E-state index in [4.69, 9.17) is 0 Å². The number of benzene rings is 3. The number of fused-ring (bicyclic) bond motifs is 1. The molecule has 0 N–H and O–H groups in total. The smallest absolute Gasteiger partial charge is 0.0149 e. The Balaban J connectivity index is 2.02. The van der Waals surface area contributed by atoms with Gasteiger partial charge in [-0.25, -0.2) is 0 Å². The molecule has 0 aliphatic carbocycles. The fraction of sp³-hybridized carbons (Fsp3) is 0.0526. The molecule has 0 atom stereocenters. The topological polar surface area (TPSA) is 0 Å². The maximum absolute atomic E-state index is 2.19. The third-order valence-corrected chi connectivity index (χ3v) is 3.50. The van der Waals surface area contributed by atoms with E-state index in [1.165, 1.54) is 27.5 Å². The van der Waals surface area contributed by atoms with Crippen molar-refractivity contribution in [3.05, 3.63) is 83.4 Å². The molecule has 0 bridgehead atoms. The van der Waals surface area contributed by atoms with Crippen LogP contribution in [0.1, 0.15) is 16.7 Å². The van der Waals surface area contributed by atoms with Crippen LogP contribution in [0.15, 0.2) is 66.7 Å². The lowest BCUT2D eigenvalue weighted by Crippen LogP contribution is -1.83. The van der Waals surface area contributed by atoms with Crippen LogP contribution in [0.25, 0.3) is 22.9 Å². The molecule has 0 aliphatic rings. The Morgan fingerprint density at radius 2 is 1.42 bits per heavy atom. The predicted molar refractivity (Wildman–Crippen MR) is 84.1 cm³/mol. The standard InChI is InChI=1S/C19H16/c1-15-17(12-11-16-7-3-2-4-8-16)13-14-18-9-5-6-10-19(15)18/h2-14H,1H3/b12-11+. The highest BCUT2D eigenvalue weighted by Gasteiger charge is 2.00. The van der Waals surface area contributed by atoms with Crippen molar-refractivity contribution in [2.45, 2.75) is 6.92 Å². The number of aryl methyl sites for hydroxylation is 1. The molecule has 0 heteroatoms. The lowest BCUT2D eigenvalue weighted by molar-refractivity contribution is 1.50. The second kappa shape index (κ2) is 5.11. The molecule has 0 heterocycles. The quantitative estimate of drug-likeness (QED) is 0.535. The van der Waals surface area contributed by atoms with Gasteiger partial charge in [0, 0.05) is 0 Å². The van der Waals surface area contributed by atoms with Crippen molar-refractivity contribution in [3.63, 3.8) is 0 Å². The Morgan fingerprint density at radius 3 is 2.26 bits per heavy atom. The highest BCUT2D eigenvalue weighted by atomic mass is 14.0. The maximum atomic E-state index is 2.19. The normalized spacial score (nSPS) is 11.2. The highest BCUT2D eigenvalue weighted by molar-refractivity contribution is 5.89. The summed E-state index contributed by atoms with van der Waals surface area (Å²) in [6.45, 7) is 2.19. The van der Waals surface area contributed by atoms with E-state index < -0.39 is 0 Å². The van der Waals surface area contributed by atoms with E-state index in [1.54, 1.807) is 0 Å². The first-order valence-electron chi connectivity index (χ1n) is 6.56. The molecule has 92 valence electrons. The zero-order chi connectivity index (χ0) is 13.1. The molecule has 0 amide bonds. The summed E-state index contributed by atoms with van der Waals surface area (Å²) in [5, 5.41) is 2.63. The fourth-order valence-electron chi connectivity index (χ4n) is 2.37. The summed E-state index contributed by atoms with van der Waals surface area (Å²) in [4.78, 5) is 0. The van der Waals surface area contributed by atoms with Crippen LogP contribution in [0.5, 0.6) is 0 Å². The van der Waals surface area contributed by atoms with Crippen LogP contribution >= 0.6 is 0 Å². The summed E-state index contributed by atoms with van der Waals surface area (Å²) in [5.74, 6) is 0. The Hall–Kier alpha value is -2.34. The number of hydrogen-bond donors (Lipinski definition) is 0. The maximum Gasteiger partial charge on any atom is -0.0149 e. The molecule has 3 aromatic rings. The van der Waals surface area contributed by atoms with E-state index in [0.29, 0.717) is 0 Å². The monoisotopic (exact) mass is 244 g/mol. The SMILES string of the molecule is Cc1c(/C=C/c2ccccc2)ccc2ccccc12. The van der Waals surface area contributed by atoms with E-state index >= 15 is 0 Å². The predicted octanol–water partition coefficient (Wildman–Crippen LogP) is 5.32. The van der Waals surface area contributed by atoms with Gasteiger partial charge in [0.05, 0.1) is 0 Å². The average Bonchev–Trinajstić information content (AvgIpc) is 2.48. The zero-order valence-corrected chi connectivity index (χ0v) is 11.0. The molecule has 19 heavy (non-hydrogen) atoms. The van der Waals surface area contributed by atoms with Gasteiger partial charge in [0.25, 0.3) is 0 Å². The molecule has 0 saturated heterocycles. The van der Waals surface area contributed by atoms with Gasteiger partial charge in [-0.05, 0) is 34.4 Å². The lowest BCUT2D eigenvalue weighted by atomic mass is 9.99. The van der Waals surface area contributed by atoms with Crippen LogP contribution in [0, 0.1) is 6.92 Å². The molecule has 0 spiro atoms. The first kappa shape index (κ1) is 11.7. The summed E-state index contributed by atoms with van der Waals surface area (Å²) >= 11 is 0. The van der Waals surface area contributed by atoms with E-state index in [2.05, 4.69) is 79.7 Å². The van der Waals surface area contributed by atoms with Gasteiger partial charge < -0.3 is 0 Å².